The van der Waals surface area contributed by atoms with Crippen molar-refractivity contribution < 1.29 is 8.81 Å². The molecule has 1 aliphatic carbocycles. The van der Waals surface area contributed by atoms with Crippen LogP contribution < -0.4 is 21.6 Å². The van der Waals surface area contributed by atoms with Crippen molar-refractivity contribution in [2.75, 3.05) is 17.2 Å². The fourth-order valence-corrected chi connectivity index (χ4v) is 5.30. The zero-order chi connectivity index (χ0) is 31.2. The van der Waals surface area contributed by atoms with Gasteiger partial charge in [0.05, 0.1) is 34.1 Å². The Morgan fingerprint density at radius 2 is 1.91 bits per heavy atom. The van der Waals surface area contributed by atoms with Crippen LogP contribution in [-0.2, 0) is 5.54 Å². The monoisotopic (exact) mass is 593 g/mol. The molecule has 3 aromatic heterocycles. The van der Waals surface area contributed by atoms with Crippen LogP contribution >= 0.6 is 0 Å². The molecule has 0 unspecified atom stereocenters. The van der Waals surface area contributed by atoms with Crippen molar-refractivity contribution in [3.8, 4) is 12.1 Å². The van der Waals surface area contributed by atoms with E-state index in [9.17, 15) is 14.9 Å². The van der Waals surface area contributed by atoms with E-state index in [4.69, 9.17) is 4.42 Å². The average molecular weight is 594 g/mol. The van der Waals surface area contributed by atoms with E-state index in [-0.39, 0.29) is 5.41 Å². The van der Waals surface area contributed by atoms with Crippen molar-refractivity contribution in [1.82, 2.24) is 36.1 Å². The number of anilines is 2. The van der Waals surface area contributed by atoms with E-state index >= 15 is 0 Å². The predicted octanol–water partition coefficient (Wildman–Crippen LogP) is 4.98. The molecule has 0 bridgehead atoms. The average Bonchev–Trinajstić information content (AvgIpc) is 3.41. The van der Waals surface area contributed by atoms with Gasteiger partial charge in [0, 0.05) is 48.2 Å². The molecular formula is C31H32FN11O. The number of hydrazine groups is 2. The Morgan fingerprint density at radius 1 is 1.14 bits per heavy atom. The topological polar surface area (TPSA) is 164 Å². The zero-order valence-corrected chi connectivity index (χ0v) is 25.1. The number of hydrogen-bond donors (Lipinski definition) is 4. The molecule has 44 heavy (non-hydrogen) atoms. The summed E-state index contributed by atoms with van der Waals surface area (Å²) in [7, 11) is 0. The standard InChI is InChI=1S/C31H32FN11O/c1-17-22(6-7-25(32)37-17)28(24-15-43(42-40-24)31(8-9-31)29-41-39-18(2)44-29)38-21-10-19(12-33)26-23(11-21)27(20(13-34)14-35-26)36-16-30(3,4)5/h6-7,10-11,14-15,28,38,40,42H,8-9,16H2,1-5H3,(H,35,36)/t28-/m0/s1. The molecule has 0 spiro atoms. The lowest BCUT2D eigenvalue weighted by Gasteiger charge is -2.24. The van der Waals surface area contributed by atoms with Gasteiger partial charge >= 0.3 is 0 Å². The van der Waals surface area contributed by atoms with Crippen LogP contribution in [0.25, 0.3) is 10.9 Å². The maximum absolute atomic E-state index is 14.1. The number of pyridine rings is 2. The van der Waals surface area contributed by atoms with Crippen molar-refractivity contribution in [3.05, 3.63) is 82.5 Å². The van der Waals surface area contributed by atoms with Crippen LogP contribution in [0.3, 0.4) is 0 Å². The second-order valence-electron chi connectivity index (χ2n) is 12.3. The Balaban J connectivity index is 1.43. The summed E-state index contributed by atoms with van der Waals surface area (Å²) < 4.78 is 19.9. The van der Waals surface area contributed by atoms with Gasteiger partial charge in [-0.25, -0.2) is 4.98 Å². The molecule has 4 N–H and O–H groups in total. The van der Waals surface area contributed by atoms with Crippen molar-refractivity contribution in [3.63, 3.8) is 0 Å². The molecule has 4 heterocycles. The lowest BCUT2D eigenvalue weighted by Crippen LogP contribution is -2.43. The summed E-state index contributed by atoms with van der Waals surface area (Å²) in [5.41, 5.74) is 10.3. The van der Waals surface area contributed by atoms with Gasteiger partial charge in [-0.05, 0) is 43.4 Å². The van der Waals surface area contributed by atoms with E-state index in [1.54, 1.807) is 26.0 Å². The second kappa shape index (κ2) is 10.8. The molecule has 224 valence electrons. The number of benzene rings is 1. The Hall–Kier alpha value is -5.27. The summed E-state index contributed by atoms with van der Waals surface area (Å²) in [6.45, 7) is 10.4. The van der Waals surface area contributed by atoms with E-state index in [0.29, 0.717) is 57.4 Å². The number of nitriles is 2. The summed E-state index contributed by atoms with van der Waals surface area (Å²) in [5.74, 6) is 0.435. The minimum atomic E-state index is -0.580. The summed E-state index contributed by atoms with van der Waals surface area (Å²) >= 11 is 0. The van der Waals surface area contributed by atoms with Crippen LogP contribution in [-0.4, -0.2) is 31.7 Å². The van der Waals surface area contributed by atoms with E-state index < -0.39 is 17.5 Å². The number of hydrogen-bond acceptors (Lipinski definition) is 12. The normalized spacial score (nSPS) is 16.1. The molecule has 1 saturated carbocycles. The molecular weight excluding hydrogens is 561 g/mol. The molecule has 0 saturated heterocycles. The maximum Gasteiger partial charge on any atom is 0.243 e. The molecule has 2 aliphatic rings. The van der Waals surface area contributed by atoms with Gasteiger partial charge in [0.2, 0.25) is 17.7 Å². The quantitative estimate of drug-likeness (QED) is 0.203. The third-order valence-corrected chi connectivity index (χ3v) is 7.73. The van der Waals surface area contributed by atoms with Crippen LogP contribution in [0.1, 0.15) is 73.8 Å². The lowest BCUT2D eigenvalue weighted by molar-refractivity contribution is 0.147. The van der Waals surface area contributed by atoms with Crippen LogP contribution in [0.15, 0.2) is 46.8 Å². The Kier molecular flexibility index (Phi) is 7.06. The third-order valence-electron chi connectivity index (χ3n) is 7.73. The van der Waals surface area contributed by atoms with E-state index in [1.165, 1.54) is 12.3 Å². The van der Waals surface area contributed by atoms with Gasteiger partial charge in [0.15, 0.2) is 0 Å². The largest absolute Gasteiger partial charge is 0.423 e. The summed E-state index contributed by atoms with van der Waals surface area (Å²) in [6, 6.07) is 10.5. The van der Waals surface area contributed by atoms with E-state index in [2.05, 4.69) is 74.7 Å². The Morgan fingerprint density at radius 3 is 2.55 bits per heavy atom. The van der Waals surface area contributed by atoms with Gasteiger partial charge in [0.1, 0.15) is 17.7 Å². The number of nitrogens with zero attached hydrogens (tertiary/aromatic N) is 7. The van der Waals surface area contributed by atoms with Gasteiger partial charge in [-0.3, -0.25) is 9.99 Å². The van der Waals surface area contributed by atoms with Crippen LogP contribution in [0.5, 0.6) is 0 Å². The van der Waals surface area contributed by atoms with Crippen molar-refractivity contribution in [2.24, 2.45) is 5.41 Å². The molecule has 0 amide bonds. The minimum absolute atomic E-state index is 0.0627. The van der Waals surface area contributed by atoms with E-state index in [0.717, 1.165) is 24.1 Å². The first-order valence-corrected chi connectivity index (χ1v) is 14.2. The summed E-state index contributed by atoms with van der Waals surface area (Å²) in [4.78, 5) is 8.53. The molecule has 4 aromatic rings. The Bertz CT molecular complexity index is 1870. The molecule has 13 heteroatoms. The zero-order valence-electron chi connectivity index (χ0n) is 25.1. The van der Waals surface area contributed by atoms with Gasteiger partial charge in [-0.2, -0.15) is 14.9 Å². The van der Waals surface area contributed by atoms with Crippen LogP contribution in [0.4, 0.5) is 15.8 Å². The highest BCUT2D eigenvalue weighted by atomic mass is 19.1. The number of nitrogens with one attached hydrogen (secondary N) is 4. The highest BCUT2D eigenvalue weighted by Crippen LogP contribution is 2.51. The van der Waals surface area contributed by atoms with Crippen molar-refractivity contribution in [1.29, 1.82) is 10.5 Å². The van der Waals surface area contributed by atoms with Crippen LogP contribution in [0.2, 0.25) is 0 Å². The van der Waals surface area contributed by atoms with Crippen molar-refractivity contribution >= 4 is 22.3 Å². The first-order valence-electron chi connectivity index (χ1n) is 14.2. The Labute approximate surface area is 253 Å². The lowest BCUT2D eigenvalue weighted by atomic mass is 9.96. The maximum atomic E-state index is 14.1. The third kappa shape index (κ3) is 5.34. The fraction of sp³-hybridized carbons (Fsp3) is 0.355. The predicted molar refractivity (Wildman–Crippen MR) is 161 cm³/mol. The first-order chi connectivity index (χ1) is 21.0. The molecule has 1 atom stereocenters. The number of aryl methyl sites for hydroxylation is 2. The number of fused-ring (bicyclic) bond motifs is 1. The highest BCUT2D eigenvalue weighted by Gasteiger charge is 2.55. The highest BCUT2D eigenvalue weighted by molar-refractivity contribution is 5.99. The number of aromatic nitrogens is 4. The molecule has 1 aromatic carbocycles. The first kappa shape index (κ1) is 28.8. The molecule has 6 rings (SSSR count). The van der Waals surface area contributed by atoms with Gasteiger partial charge in [0.25, 0.3) is 0 Å². The smallest absolute Gasteiger partial charge is 0.243 e. The summed E-state index contributed by atoms with van der Waals surface area (Å²) in [5, 5.41) is 37.7. The molecule has 1 fully saturated rings. The molecule has 1 aliphatic heterocycles. The SMILES string of the molecule is Cc1nnc(C2(N3C=C([C@@H](Nc4cc(C#N)c5ncc(C#N)c(NCC(C)(C)C)c5c4)c4ccc(F)nc4C)NN3)CC2)o1. The second-order valence-corrected chi connectivity index (χ2v) is 12.3. The van der Waals surface area contributed by atoms with Gasteiger partial charge < -0.3 is 20.5 Å². The van der Waals surface area contributed by atoms with Gasteiger partial charge in [-0.1, -0.05) is 26.8 Å². The van der Waals surface area contributed by atoms with Crippen molar-refractivity contribution in [2.45, 2.75) is 59.0 Å². The van der Waals surface area contributed by atoms with Crippen LogP contribution in [0, 0.1) is 47.9 Å². The minimum Gasteiger partial charge on any atom is -0.423 e. The van der Waals surface area contributed by atoms with Gasteiger partial charge in [-0.15, -0.1) is 15.7 Å². The van der Waals surface area contributed by atoms with E-state index in [1.807, 2.05) is 17.3 Å². The molecule has 0 radical (unpaired) electrons. The summed E-state index contributed by atoms with van der Waals surface area (Å²) in [6.07, 6.45) is 5.04. The molecule has 12 nitrogen and oxygen atoms in total. The fourth-order valence-electron chi connectivity index (χ4n) is 5.30. The number of rotatable bonds is 8. The number of halogens is 1.